The van der Waals surface area contributed by atoms with Crippen LogP contribution in [-0.4, -0.2) is 44.0 Å². The molecule has 0 heterocycles. The van der Waals surface area contributed by atoms with Crippen molar-refractivity contribution in [1.29, 1.82) is 0 Å². The molecular weight excluding hydrogens is 552 g/mol. The molecule has 37 heavy (non-hydrogen) atoms. The first-order chi connectivity index (χ1) is 17.6. The molecular formula is C28H35BrN2O5Si. The van der Waals surface area contributed by atoms with Gasteiger partial charge in [-0.05, 0) is 70.2 Å². The summed E-state index contributed by atoms with van der Waals surface area (Å²) < 4.78 is 12.3. The van der Waals surface area contributed by atoms with E-state index in [0.29, 0.717) is 19.4 Å². The number of nitrogens with zero attached hydrogens (tertiary/aromatic N) is 1. The minimum Gasteiger partial charge on any atom is -0.508 e. The summed E-state index contributed by atoms with van der Waals surface area (Å²) in [5.41, 5.74) is 6.44. The minimum atomic E-state index is -1.40. The van der Waals surface area contributed by atoms with Crippen molar-refractivity contribution in [2.24, 2.45) is 16.9 Å². The molecule has 5 rings (SSSR count). The molecule has 0 spiro atoms. The number of hydrogen-bond donors (Lipinski definition) is 2. The summed E-state index contributed by atoms with van der Waals surface area (Å²) in [5, 5.41) is 15.0. The highest BCUT2D eigenvalue weighted by Crippen LogP contribution is 2.56. The van der Waals surface area contributed by atoms with Gasteiger partial charge in [0.15, 0.2) is 0 Å². The Morgan fingerprint density at radius 1 is 1.05 bits per heavy atom. The van der Waals surface area contributed by atoms with Crippen LogP contribution < -0.4 is 5.43 Å². The predicted octanol–water partition coefficient (Wildman–Crippen LogP) is 6.27. The van der Waals surface area contributed by atoms with E-state index in [2.05, 4.69) is 41.0 Å². The molecule has 1 unspecified atom stereocenters. The van der Waals surface area contributed by atoms with Crippen molar-refractivity contribution in [2.45, 2.75) is 57.3 Å². The number of para-hydroxylation sites is 1. The van der Waals surface area contributed by atoms with Gasteiger partial charge in [0.2, 0.25) is 0 Å². The molecule has 0 aromatic heterocycles. The molecule has 1 saturated carbocycles. The molecule has 2 aromatic rings. The van der Waals surface area contributed by atoms with Crippen LogP contribution in [0.25, 0.3) is 0 Å². The van der Waals surface area contributed by atoms with Crippen LogP contribution in [0.4, 0.5) is 5.69 Å². The van der Waals surface area contributed by atoms with E-state index >= 15 is 0 Å². The van der Waals surface area contributed by atoms with Crippen molar-refractivity contribution in [3.63, 3.8) is 0 Å². The average Bonchev–Trinajstić information content (AvgIpc) is 2.85. The third-order valence-electron chi connectivity index (χ3n) is 7.06. The van der Waals surface area contributed by atoms with Gasteiger partial charge in [-0.1, -0.05) is 44.8 Å². The lowest BCUT2D eigenvalue weighted by Crippen LogP contribution is -2.51. The Kier molecular flexibility index (Phi) is 8.43. The molecule has 0 saturated heterocycles. The molecule has 3 aliphatic rings. The predicted molar refractivity (Wildman–Crippen MR) is 151 cm³/mol. The lowest BCUT2D eigenvalue weighted by atomic mass is 9.55. The van der Waals surface area contributed by atoms with Crippen LogP contribution >= 0.6 is 15.9 Å². The molecule has 2 N–H and O–H groups in total. The van der Waals surface area contributed by atoms with Gasteiger partial charge in [-0.25, -0.2) is 0 Å². The second-order valence-electron chi connectivity index (χ2n) is 11.0. The van der Waals surface area contributed by atoms with Gasteiger partial charge in [-0.15, -0.1) is 0 Å². The topological polar surface area (TPSA) is 97.2 Å². The van der Waals surface area contributed by atoms with Crippen molar-refractivity contribution in [3.05, 3.63) is 58.1 Å². The number of hydrogen-bond acceptors (Lipinski definition) is 7. The standard InChI is InChI=1S/C28H35BrN2O5Si/c1-5-12-35-28(34)26-24-19-15-17(32)10-11-18(19)20(25(26)27(33)36-13-14-37(2,3)4)16-23(24)31-30-22-9-7-6-8-21(22)29/h6-11,15,20,24-26,30,32H,5,12-14,16H2,1-4H3/b31-23+/t20?,24-,25-,26-/m1/s1. The first kappa shape index (κ1) is 27.4. The van der Waals surface area contributed by atoms with E-state index in [-0.39, 0.29) is 24.2 Å². The fourth-order valence-corrected chi connectivity index (χ4v) is 6.32. The number of rotatable bonds is 9. The third-order valence-corrected chi connectivity index (χ3v) is 9.45. The number of aromatic hydroxyl groups is 1. The van der Waals surface area contributed by atoms with E-state index in [4.69, 9.17) is 14.6 Å². The highest BCUT2D eigenvalue weighted by Gasteiger charge is 2.57. The smallest absolute Gasteiger partial charge is 0.310 e. The van der Waals surface area contributed by atoms with Crippen LogP contribution in [0, 0.1) is 11.8 Å². The van der Waals surface area contributed by atoms with Gasteiger partial charge < -0.3 is 14.6 Å². The SMILES string of the molecule is CCCOC(=O)[C@H]1[C@H](C(=O)OCC[Si](C)(C)C)C2C/C(=N\Nc3ccccc3Br)[C@H]1c1cc(O)ccc12. The normalized spacial score (nSPS) is 23.4. The van der Waals surface area contributed by atoms with E-state index in [1.165, 1.54) is 0 Å². The number of benzene rings is 2. The molecule has 4 atom stereocenters. The molecule has 0 radical (unpaired) electrons. The second-order valence-corrected chi connectivity index (χ2v) is 17.5. The number of carbonyl (C=O) groups is 2. The zero-order valence-corrected chi connectivity index (χ0v) is 24.4. The molecule has 3 aliphatic carbocycles. The Morgan fingerprint density at radius 2 is 1.76 bits per heavy atom. The van der Waals surface area contributed by atoms with Crippen molar-refractivity contribution in [1.82, 2.24) is 0 Å². The zero-order chi connectivity index (χ0) is 26.7. The van der Waals surface area contributed by atoms with Crippen molar-refractivity contribution in [3.8, 4) is 5.75 Å². The highest BCUT2D eigenvalue weighted by atomic mass is 79.9. The van der Waals surface area contributed by atoms with E-state index in [1.807, 2.05) is 37.3 Å². The number of halogens is 1. The number of hydrazone groups is 1. The summed E-state index contributed by atoms with van der Waals surface area (Å²) in [6.45, 7) is 9.27. The van der Waals surface area contributed by atoms with Gasteiger partial charge in [0.1, 0.15) is 5.75 Å². The summed E-state index contributed by atoms with van der Waals surface area (Å²) in [6, 6.07) is 13.7. The molecule has 198 valence electrons. The number of esters is 2. The first-order valence-corrected chi connectivity index (χ1v) is 17.3. The van der Waals surface area contributed by atoms with Gasteiger partial charge in [-0.2, -0.15) is 5.10 Å². The summed E-state index contributed by atoms with van der Waals surface area (Å²) in [6.07, 6.45) is 1.19. The summed E-state index contributed by atoms with van der Waals surface area (Å²) in [5.74, 6) is -2.94. The molecule has 0 amide bonds. The lowest BCUT2D eigenvalue weighted by Gasteiger charge is -2.47. The maximum atomic E-state index is 13.5. The van der Waals surface area contributed by atoms with E-state index in [0.717, 1.165) is 33.0 Å². The van der Waals surface area contributed by atoms with Crippen LogP contribution in [0.2, 0.25) is 25.7 Å². The van der Waals surface area contributed by atoms with Gasteiger partial charge in [0, 0.05) is 30.1 Å². The number of carbonyl (C=O) groups excluding carboxylic acids is 2. The summed E-state index contributed by atoms with van der Waals surface area (Å²) >= 11 is 3.53. The number of phenols is 1. The lowest BCUT2D eigenvalue weighted by molar-refractivity contribution is -0.163. The van der Waals surface area contributed by atoms with Gasteiger partial charge in [0.05, 0.1) is 30.7 Å². The van der Waals surface area contributed by atoms with Crippen LogP contribution in [0.5, 0.6) is 5.75 Å². The van der Waals surface area contributed by atoms with Crippen LogP contribution in [0.1, 0.15) is 42.7 Å². The van der Waals surface area contributed by atoms with E-state index < -0.39 is 31.8 Å². The fraction of sp³-hybridized carbons (Fsp3) is 0.464. The second kappa shape index (κ2) is 11.4. The van der Waals surface area contributed by atoms with Crippen LogP contribution in [0.3, 0.4) is 0 Å². The average molecular weight is 588 g/mol. The number of fused-ring (bicyclic) bond motifs is 2. The number of ether oxygens (including phenoxy) is 2. The zero-order valence-electron chi connectivity index (χ0n) is 21.8. The molecule has 1 fully saturated rings. The van der Waals surface area contributed by atoms with E-state index in [9.17, 15) is 14.7 Å². The molecule has 7 nitrogen and oxygen atoms in total. The van der Waals surface area contributed by atoms with Crippen LogP contribution in [0.15, 0.2) is 52.0 Å². The summed E-state index contributed by atoms with van der Waals surface area (Å²) in [7, 11) is -1.40. The van der Waals surface area contributed by atoms with Crippen LogP contribution in [-0.2, 0) is 19.1 Å². The van der Waals surface area contributed by atoms with Gasteiger partial charge in [-0.3, -0.25) is 15.0 Å². The number of nitrogens with one attached hydrogen (secondary N) is 1. The Balaban J connectivity index is 1.73. The Bertz CT molecular complexity index is 1200. The first-order valence-electron chi connectivity index (χ1n) is 12.8. The Morgan fingerprint density at radius 3 is 2.46 bits per heavy atom. The quantitative estimate of drug-likeness (QED) is 0.204. The van der Waals surface area contributed by atoms with Crippen molar-refractivity contribution >= 4 is 47.3 Å². The Hall–Kier alpha value is -2.65. The Labute approximate surface area is 227 Å². The maximum absolute atomic E-state index is 13.5. The summed E-state index contributed by atoms with van der Waals surface area (Å²) in [4.78, 5) is 27.0. The molecule has 2 aromatic carbocycles. The molecule has 9 heteroatoms. The monoisotopic (exact) mass is 586 g/mol. The number of phenolic OH excluding ortho intramolecular Hbond substituents is 1. The minimum absolute atomic E-state index is 0.111. The number of anilines is 1. The largest absolute Gasteiger partial charge is 0.508 e. The third kappa shape index (κ3) is 6.09. The van der Waals surface area contributed by atoms with E-state index in [1.54, 1.807) is 12.1 Å². The molecule has 2 bridgehead atoms. The molecule has 0 aliphatic heterocycles. The van der Waals surface area contributed by atoms with Crippen molar-refractivity contribution in [2.75, 3.05) is 18.6 Å². The fourth-order valence-electron chi connectivity index (χ4n) is 5.24. The van der Waals surface area contributed by atoms with Gasteiger partial charge >= 0.3 is 11.9 Å². The maximum Gasteiger partial charge on any atom is 0.310 e. The van der Waals surface area contributed by atoms with Crippen molar-refractivity contribution < 1.29 is 24.2 Å². The van der Waals surface area contributed by atoms with Gasteiger partial charge in [0.25, 0.3) is 0 Å². The highest BCUT2D eigenvalue weighted by molar-refractivity contribution is 9.10.